The van der Waals surface area contributed by atoms with E-state index in [0.717, 1.165) is 93.9 Å². The highest BCUT2D eigenvalue weighted by Gasteiger charge is 2.22. The van der Waals surface area contributed by atoms with Crippen LogP contribution in [0.4, 0.5) is 34.1 Å². The van der Waals surface area contributed by atoms with Crippen molar-refractivity contribution in [3.05, 3.63) is 294 Å². The fourth-order valence-corrected chi connectivity index (χ4v) is 10.8. The summed E-state index contributed by atoms with van der Waals surface area (Å²) >= 11 is 0. The predicted molar refractivity (Wildman–Crippen MR) is 336 cm³/mol. The average Bonchev–Trinajstić information content (AvgIpc) is 4.14. The molecule has 0 fully saturated rings. The van der Waals surface area contributed by atoms with Crippen LogP contribution in [0, 0.1) is 34.6 Å². The number of aliphatic hydroxyl groups excluding tert-OH is 1. The molecule has 0 spiro atoms. The molecule has 0 saturated carbocycles. The molecule has 9 nitrogen and oxygen atoms in total. The maximum Gasteiger partial charge on any atom is 0.352 e. The average molecular weight is 1060 g/mol. The van der Waals surface area contributed by atoms with Gasteiger partial charge in [0.05, 0.1) is 17.5 Å². The Morgan fingerprint density at radius 2 is 0.975 bits per heavy atom. The van der Waals surface area contributed by atoms with Gasteiger partial charge in [0.25, 0.3) is 5.56 Å². The van der Waals surface area contributed by atoms with Crippen LogP contribution in [0.5, 0.6) is 0 Å². The van der Waals surface area contributed by atoms with Gasteiger partial charge in [-0.3, -0.25) is 18.7 Å². The Bertz CT molecular complexity index is 4290. The van der Waals surface area contributed by atoms with Crippen molar-refractivity contribution in [2.24, 2.45) is 7.05 Å². The summed E-state index contributed by atoms with van der Waals surface area (Å²) in [5.74, 6) is 0. The van der Waals surface area contributed by atoms with Crippen LogP contribution in [0.25, 0.3) is 61.2 Å². The molecule has 10 aromatic rings. The minimum atomic E-state index is -0.549. The molecule has 13 rings (SSSR count). The highest BCUT2D eigenvalue weighted by Crippen LogP contribution is 2.44. The Balaban J connectivity index is 0.000000141. The lowest BCUT2D eigenvalue weighted by molar-refractivity contribution is 0.281. The second-order valence-electron chi connectivity index (χ2n) is 20.9. The van der Waals surface area contributed by atoms with Crippen molar-refractivity contribution in [1.29, 1.82) is 0 Å². The van der Waals surface area contributed by atoms with Crippen LogP contribution in [0.2, 0.25) is 0 Å². The van der Waals surface area contributed by atoms with E-state index in [9.17, 15) is 19.5 Å². The first-order valence-corrected chi connectivity index (χ1v) is 27.1. The maximum absolute atomic E-state index is 12.6. The van der Waals surface area contributed by atoms with Gasteiger partial charge in [-0.05, 0) is 194 Å². The Hall–Kier alpha value is -9.96. The number of aromatic nitrogens is 3. The van der Waals surface area contributed by atoms with Crippen molar-refractivity contribution >= 4 is 78.5 Å². The van der Waals surface area contributed by atoms with Crippen LogP contribution < -0.4 is 26.5 Å². The molecule has 0 unspecified atom stereocenters. The molecule has 0 aliphatic heterocycles. The third-order valence-corrected chi connectivity index (χ3v) is 15.2. The lowest BCUT2D eigenvalue weighted by Gasteiger charge is -2.28. The third kappa shape index (κ3) is 10.6. The van der Waals surface area contributed by atoms with Gasteiger partial charge in [0.2, 0.25) is 0 Å². The summed E-state index contributed by atoms with van der Waals surface area (Å²) in [7, 11) is 1.45. The van der Waals surface area contributed by atoms with Crippen LogP contribution in [0.15, 0.2) is 233 Å². The number of rotatable bonds is 8. The van der Waals surface area contributed by atoms with Crippen LogP contribution in [-0.4, -0.2) is 19.2 Å². The molecule has 398 valence electrons. The van der Waals surface area contributed by atoms with E-state index in [4.69, 9.17) is 0 Å². The van der Waals surface area contributed by atoms with Gasteiger partial charge in [0.1, 0.15) is 0 Å². The van der Waals surface area contributed by atoms with E-state index < -0.39 is 5.69 Å². The molecule has 0 bridgehead atoms. The minimum Gasteiger partial charge on any atom is -0.392 e. The van der Waals surface area contributed by atoms with Crippen LogP contribution in [-0.2, 0) is 13.7 Å². The minimum absolute atomic E-state index is 0.0185. The van der Waals surface area contributed by atoms with Gasteiger partial charge in [-0.25, -0.2) is 4.79 Å². The van der Waals surface area contributed by atoms with Crippen molar-refractivity contribution < 1.29 is 5.11 Å². The van der Waals surface area contributed by atoms with Crippen molar-refractivity contribution in [3.8, 4) is 16.8 Å². The van der Waals surface area contributed by atoms with Gasteiger partial charge >= 0.3 is 5.69 Å². The first-order valence-electron chi connectivity index (χ1n) is 27.1. The van der Waals surface area contributed by atoms with Gasteiger partial charge in [-0.1, -0.05) is 144 Å². The normalized spacial score (nSPS) is 11.5. The topological polar surface area (TPSA) is 101 Å². The number of benzene rings is 6. The SMILES string of the molecule is CC1=Cc2c(C)c(CO)cc3ccc(=O)cc1c23.Cc1ccc(N(c2ccc(C)cc2)c2cc3cccc-3cc(N(c3ccc(C)cc3)c3ccc(C)cc3)c2)cc1.Cn1c(=O)nc2c(c1=O)c1cccccc1n2-c1ccccc1. The summed E-state index contributed by atoms with van der Waals surface area (Å²) < 4.78 is 2.90. The first-order chi connectivity index (χ1) is 39.2. The first kappa shape index (κ1) is 53.1. The van der Waals surface area contributed by atoms with Crippen LogP contribution in [0.1, 0.15) is 51.4 Å². The fraction of sp³-hybridized carbons (Fsp3) is 0.111. The predicted octanol–water partition coefficient (Wildman–Crippen LogP) is 16.1. The molecule has 0 saturated heterocycles. The molecule has 0 radical (unpaired) electrons. The third-order valence-electron chi connectivity index (χ3n) is 15.2. The van der Waals surface area contributed by atoms with Crippen molar-refractivity contribution in [2.75, 3.05) is 9.80 Å². The quantitative estimate of drug-likeness (QED) is 0.162. The number of aryl methyl sites for hydroxylation is 4. The van der Waals surface area contributed by atoms with Crippen molar-refractivity contribution in [1.82, 2.24) is 14.1 Å². The van der Waals surface area contributed by atoms with Crippen LogP contribution in [0.3, 0.4) is 0 Å². The number of fused-ring (bicyclic) bond motifs is 4. The largest absolute Gasteiger partial charge is 0.392 e. The monoisotopic (exact) mass is 1060 g/mol. The molecule has 8 aromatic carbocycles. The molecule has 2 aromatic heterocycles. The summed E-state index contributed by atoms with van der Waals surface area (Å²) in [6, 6.07) is 74.8. The van der Waals surface area contributed by atoms with E-state index >= 15 is 0 Å². The molecular formula is C72H61N5O4. The summed E-state index contributed by atoms with van der Waals surface area (Å²) in [4.78, 5) is 45.2. The molecular weight excluding hydrogens is 999 g/mol. The Morgan fingerprint density at radius 3 is 1.48 bits per heavy atom. The lowest BCUT2D eigenvalue weighted by atomic mass is 9.97. The Labute approximate surface area is 471 Å². The highest BCUT2D eigenvalue weighted by molar-refractivity contribution is 6.10. The number of para-hydroxylation sites is 1. The van der Waals surface area contributed by atoms with Crippen molar-refractivity contribution in [3.63, 3.8) is 0 Å². The molecule has 2 heterocycles. The van der Waals surface area contributed by atoms with Crippen molar-refractivity contribution in [2.45, 2.75) is 48.1 Å². The van der Waals surface area contributed by atoms with E-state index in [1.165, 1.54) is 40.4 Å². The standard InChI is InChI=1S/C38H34N2.C18H13N3O2.C16H14O2/c1-27-8-16-33(17-9-27)39(34-18-10-28(2)11-19-34)37-24-31-6-5-7-32(31)25-38(26-37)40(35-20-12-29(3)13-21-35)36-22-14-30(4)15-23-36;1-20-17(22)15-13-10-6-3-7-11-14(13)21(16(15)19-18(20)23)12-8-4-2-5-9-12;1-9-5-15-10(2)12(8-17)6-11-3-4-13(18)7-14(9)16(11)15/h5-26H,1-4H3;2-11H,1H3;3-7,17H,8H2,1-2H3. The summed E-state index contributed by atoms with van der Waals surface area (Å²) in [6.45, 7) is 12.6. The van der Waals surface area contributed by atoms with Gasteiger partial charge in [-0.2, -0.15) is 4.98 Å². The highest BCUT2D eigenvalue weighted by atomic mass is 16.3. The summed E-state index contributed by atoms with van der Waals surface area (Å²) in [5.41, 5.74) is 20.6. The number of allylic oxidation sites excluding steroid dienone is 1. The molecule has 9 heteroatoms. The van der Waals surface area contributed by atoms with Gasteiger partial charge < -0.3 is 14.9 Å². The number of aliphatic hydroxyl groups is 1. The lowest BCUT2D eigenvalue weighted by Crippen LogP contribution is -2.32. The van der Waals surface area contributed by atoms with E-state index in [-0.39, 0.29) is 17.6 Å². The second kappa shape index (κ2) is 22.4. The number of hydrogen-bond acceptors (Lipinski definition) is 7. The number of nitrogens with zero attached hydrogens (tertiary/aromatic N) is 5. The van der Waals surface area contributed by atoms with Gasteiger partial charge in [0, 0.05) is 52.2 Å². The Morgan fingerprint density at radius 1 is 0.481 bits per heavy atom. The molecule has 3 aliphatic carbocycles. The number of hydrogen-bond donors (Lipinski definition) is 1. The van der Waals surface area contributed by atoms with E-state index in [1.807, 2.05) is 91.2 Å². The molecule has 0 amide bonds. The molecule has 81 heavy (non-hydrogen) atoms. The zero-order valence-electron chi connectivity index (χ0n) is 46.5. The summed E-state index contributed by atoms with van der Waals surface area (Å²) in [5, 5.41) is 12.8. The van der Waals surface area contributed by atoms with Gasteiger partial charge in [0.15, 0.2) is 11.1 Å². The zero-order valence-corrected chi connectivity index (χ0v) is 46.5. The van der Waals surface area contributed by atoms with E-state index in [2.05, 4.69) is 182 Å². The maximum atomic E-state index is 12.6. The molecule has 1 N–H and O–H groups in total. The smallest absolute Gasteiger partial charge is 0.352 e. The van der Waals surface area contributed by atoms with E-state index in [0.29, 0.717) is 11.0 Å². The fourth-order valence-electron chi connectivity index (χ4n) is 10.8. The van der Waals surface area contributed by atoms with Crippen LogP contribution >= 0.6 is 0 Å². The van der Waals surface area contributed by atoms with E-state index in [1.54, 1.807) is 12.1 Å². The van der Waals surface area contributed by atoms with Gasteiger partial charge in [-0.15, -0.1) is 0 Å². The molecule has 0 atom stereocenters. The Kier molecular flexibility index (Phi) is 14.7. The summed E-state index contributed by atoms with van der Waals surface area (Å²) in [6.07, 6.45) is 2.10. The number of anilines is 6. The second-order valence-corrected chi connectivity index (χ2v) is 20.9. The zero-order chi connectivity index (χ0) is 56.5. The molecule has 3 aliphatic rings.